The zero-order valence-electron chi connectivity index (χ0n) is 14.8. The molecule has 136 valence electrons. The molecule has 0 spiro atoms. The van der Waals surface area contributed by atoms with E-state index in [-0.39, 0.29) is 11.8 Å². The van der Waals surface area contributed by atoms with Gasteiger partial charge in [0.25, 0.3) is 11.8 Å². The minimum atomic E-state index is -0.408. The van der Waals surface area contributed by atoms with Crippen molar-refractivity contribution in [2.45, 2.75) is 13.3 Å². The fourth-order valence-electron chi connectivity index (χ4n) is 2.85. The SMILES string of the molecule is CCc1onc(-c2ccccc2)c1-c1nnc(-c2ccc(F)cc2OC)o1. The van der Waals surface area contributed by atoms with Crippen LogP contribution in [0.25, 0.3) is 34.2 Å². The van der Waals surface area contributed by atoms with Crippen LogP contribution in [0.2, 0.25) is 0 Å². The van der Waals surface area contributed by atoms with E-state index < -0.39 is 5.82 Å². The minimum absolute atomic E-state index is 0.226. The first-order valence-electron chi connectivity index (χ1n) is 8.43. The molecule has 0 bridgehead atoms. The van der Waals surface area contributed by atoms with E-state index in [2.05, 4.69) is 15.4 Å². The van der Waals surface area contributed by atoms with Gasteiger partial charge in [0.1, 0.15) is 28.6 Å². The van der Waals surface area contributed by atoms with E-state index >= 15 is 0 Å². The van der Waals surface area contributed by atoms with Crippen LogP contribution in [0.15, 0.2) is 57.5 Å². The van der Waals surface area contributed by atoms with Crippen LogP contribution < -0.4 is 4.74 Å². The summed E-state index contributed by atoms with van der Waals surface area (Å²) in [5, 5.41) is 12.4. The normalized spacial score (nSPS) is 10.9. The highest BCUT2D eigenvalue weighted by Gasteiger charge is 2.24. The molecular weight excluding hydrogens is 349 g/mol. The smallest absolute Gasteiger partial charge is 0.254 e. The molecule has 0 unspecified atom stereocenters. The van der Waals surface area contributed by atoms with Crippen LogP contribution in [0.5, 0.6) is 5.75 Å². The molecule has 2 heterocycles. The number of hydrogen-bond donors (Lipinski definition) is 0. The molecule has 0 fully saturated rings. The van der Waals surface area contributed by atoms with E-state index in [4.69, 9.17) is 13.7 Å². The highest BCUT2D eigenvalue weighted by Crippen LogP contribution is 2.37. The molecule has 0 atom stereocenters. The van der Waals surface area contributed by atoms with Crippen LogP contribution >= 0.6 is 0 Å². The summed E-state index contributed by atoms with van der Waals surface area (Å²) in [6.45, 7) is 1.96. The van der Waals surface area contributed by atoms with Gasteiger partial charge in [0, 0.05) is 18.1 Å². The van der Waals surface area contributed by atoms with Gasteiger partial charge in [-0.3, -0.25) is 0 Å². The van der Waals surface area contributed by atoms with Crippen molar-refractivity contribution in [3.8, 4) is 39.9 Å². The van der Waals surface area contributed by atoms with Gasteiger partial charge in [-0.15, -0.1) is 10.2 Å². The fraction of sp³-hybridized carbons (Fsp3) is 0.150. The summed E-state index contributed by atoms with van der Waals surface area (Å²) in [7, 11) is 1.46. The lowest BCUT2D eigenvalue weighted by Crippen LogP contribution is -1.89. The number of nitrogens with zero attached hydrogens (tertiary/aromatic N) is 3. The third-order valence-corrected chi connectivity index (χ3v) is 4.16. The lowest BCUT2D eigenvalue weighted by atomic mass is 10.1. The van der Waals surface area contributed by atoms with Crippen LogP contribution in [0.3, 0.4) is 0 Å². The number of hydrogen-bond acceptors (Lipinski definition) is 6. The molecule has 0 amide bonds. The lowest BCUT2D eigenvalue weighted by molar-refractivity contribution is 0.389. The van der Waals surface area contributed by atoms with Gasteiger partial charge in [0.2, 0.25) is 0 Å². The van der Waals surface area contributed by atoms with Crippen molar-refractivity contribution in [2.24, 2.45) is 0 Å². The first-order chi connectivity index (χ1) is 13.2. The number of benzene rings is 2. The molecule has 6 nitrogen and oxygen atoms in total. The number of aryl methyl sites for hydroxylation is 1. The summed E-state index contributed by atoms with van der Waals surface area (Å²) >= 11 is 0. The topological polar surface area (TPSA) is 74.2 Å². The standard InChI is InChI=1S/C20H16FN3O3/c1-3-15-17(18(24-27-15)12-7-5-4-6-8-12)20-23-22-19(26-20)14-10-9-13(21)11-16(14)25-2/h4-11H,3H2,1-2H3. The van der Waals surface area contributed by atoms with Crippen LogP contribution in [-0.4, -0.2) is 22.5 Å². The zero-order valence-corrected chi connectivity index (χ0v) is 14.8. The van der Waals surface area contributed by atoms with Gasteiger partial charge >= 0.3 is 0 Å². The summed E-state index contributed by atoms with van der Waals surface area (Å²) < 4.78 is 30.0. The van der Waals surface area contributed by atoms with Crippen molar-refractivity contribution >= 4 is 0 Å². The Morgan fingerprint density at radius 1 is 1.04 bits per heavy atom. The first-order valence-corrected chi connectivity index (χ1v) is 8.43. The lowest BCUT2D eigenvalue weighted by Gasteiger charge is -2.04. The molecule has 27 heavy (non-hydrogen) atoms. The van der Waals surface area contributed by atoms with E-state index in [1.165, 1.54) is 25.3 Å². The third-order valence-electron chi connectivity index (χ3n) is 4.16. The highest BCUT2D eigenvalue weighted by atomic mass is 19.1. The molecule has 7 heteroatoms. The molecule has 2 aromatic carbocycles. The summed E-state index contributed by atoms with van der Waals surface area (Å²) in [6, 6.07) is 13.7. The van der Waals surface area contributed by atoms with E-state index in [1.54, 1.807) is 0 Å². The summed E-state index contributed by atoms with van der Waals surface area (Å²) in [6.07, 6.45) is 0.618. The van der Waals surface area contributed by atoms with Gasteiger partial charge in [-0.1, -0.05) is 42.4 Å². The largest absolute Gasteiger partial charge is 0.496 e. The Kier molecular flexibility index (Phi) is 4.42. The molecule has 0 saturated heterocycles. The molecule has 0 aliphatic heterocycles. The second-order valence-corrected chi connectivity index (χ2v) is 5.81. The Hall–Kier alpha value is -3.48. The maximum atomic E-state index is 13.5. The Bertz CT molecular complexity index is 1070. The Labute approximate surface area is 154 Å². The minimum Gasteiger partial charge on any atom is -0.496 e. The summed E-state index contributed by atoms with van der Waals surface area (Å²) in [5.41, 5.74) is 2.68. The molecule has 0 N–H and O–H groups in total. The maximum absolute atomic E-state index is 13.5. The van der Waals surface area contributed by atoms with E-state index in [0.29, 0.717) is 34.8 Å². The van der Waals surface area contributed by atoms with E-state index in [9.17, 15) is 4.39 Å². The quantitative estimate of drug-likeness (QED) is 0.507. The fourth-order valence-corrected chi connectivity index (χ4v) is 2.85. The van der Waals surface area contributed by atoms with Crippen molar-refractivity contribution < 1.29 is 18.1 Å². The van der Waals surface area contributed by atoms with Crippen LogP contribution in [0.4, 0.5) is 4.39 Å². The molecule has 0 saturated carbocycles. The predicted octanol–water partition coefficient (Wildman–Crippen LogP) is 4.77. The molecule has 4 rings (SSSR count). The second kappa shape index (κ2) is 7.03. The van der Waals surface area contributed by atoms with Crippen molar-refractivity contribution in [3.63, 3.8) is 0 Å². The molecule has 0 radical (unpaired) electrons. The number of aromatic nitrogens is 3. The highest BCUT2D eigenvalue weighted by molar-refractivity contribution is 5.78. The summed E-state index contributed by atoms with van der Waals surface area (Å²) in [5.74, 6) is 1.07. The number of ether oxygens (including phenoxy) is 1. The average molecular weight is 365 g/mol. The Morgan fingerprint density at radius 2 is 1.81 bits per heavy atom. The number of rotatable bonds is 5. The third kappa shape index (κ3) is 3.08. The molecule has 4 aromatic rings. The van der Waals surface area contributed by atoms with Gasteiger partial charge < -0.3 is 13.7 Å². The van der Waals surface area contributed by atoms with E-state index in [0.717, 1.165) is 5.56 Å². The van der Waals surface area contributed by atoms with Crippen molar-refractivity contribution in [1.82, 2.24) is 15.4 Å². The van der Waals surface area contributed by atoms with Crippen LogP contribution in [0, 0.1) is 5.82 Å². The number of methoxy groups -OCH3 is 1. The van der Waals surface area contributed by atoms with Gasteiger partial charge in [-0.25, -0.2) is 4.39 Å². The van der Waals surface area contributed by atoms with Crippen molar-refractivity contribution in [2.75, 3.05) is 7.11 Å². The average Bonchev–Trinajstić information content (AvgIpc) is 3.35. The molecular formula is C20H16FN3O3. The molecule has 0 aliphatic rings. The number of halogens is 1. The van der Waals surface area contributed by atoms with E-state index in [1.807, 2.05) is 37.3 Å². The molecule has 0 aliphatic carbocycles. The van der Waals surface area contributed by atoms with Crippen molar-refractivity contribution in [1.29, 1.82) is 0 Å². The Morgan fingerprint density at radius 3 is 2.56 bits per heavy atom. The maximum Gasteiger partial charge on any atom is 0.254 e. The zero-order chi connectivity index (χ0) is 18.8. The van der Waals surface area contributed by atoms with Gasteiger partial charge in [-0.2, -0.15) is 0 Å². The summed E-state index contributed by atoms with van der Waals surface area (Å²) in [4.78, 5) is 0. The van der Waals surface area contributed by atoms with Crippen molar-refractivity contribution in [3.05, 3.63) is 60.1 Å². The van der Waals surface area contributed by atoms with Gasteiger partial charge in [0.05, 0.1) is 12.7 Å². The second-order valence-electron chi connectivity index (χ2n) is 5.81. The Balaban J connectivity index is 1.82. The van der Waals surface area contributed by atoms with Crippen LogP contribution in [-0.2, 0) is 6.42 Å². The predicted molar refractivity (Wildman–Crippen MR) is 96.6 cm³/mol. The first kappa shape index (κ1) is 17.0. The van der Waals surface area contributed by atoms with Crippen LogP contribution in [0.1, 0.15) is 12.7 Å². The van der Waals surface area contributed by atoms with Gasteiger partial charge in [0.15, 0.2) is 0 Å². The molecule has 2 aromatic heterocycles. The van der Waals surface area contributed by atoms with Gasteiger partial charge in [-0.05, 0) is 12.1 Å². The monoisotopic (exact) mass is 365 g/mol.